The van der Waals surface area contributed by atoms with Crippen LogP contribution in [0.4, 0.5) is 0 Å². The minimum atomic E-state index is -0.831. The molecule has 0 bridgehead atoms. The molecule has 0 unspecified atom stereocenters. The van der Waals surface area contributed by atoms with Crippen molar-refractivity contribution in [2.45, 2.75) is 32.6 Å². The average molecular weight is 322 g/mol. The zero-order chi connectivity index (χ0) is 16.0. The Kier molecular flexibility index (Phi) is 3.46. The summed E-state index contributed by atoms with van der Waals surface area (Å²) in [6, 6.07) is 12.5. The number of carboxylic acids is 1. The van der Waals surface area contributed by atoms with Crippen LogP contribution in [0.3, 0.4) is 0 Å². The summed E-state index contributed by atoms with van der Waals surface area (Å²) < 4.78 is 1.10. The van der Waals surface area contributed by atoms with E-state index in [0.29, 0.717) is 4.88 Å². The molecule has 0 atom stereocenters. The highest BCUT2D eigenvalue weighted by Crippen LogP contribution is 2.42. The monoisotopic (exact) mass is 322 g/mol. The fourth-order valence-corrected chi connectivity index (χ4v) is 4.70. The largest absolute Gasteiger partial charge is 0.477 e. The molecule has 2 aromatic carbocycles. The number of aromatic carboxylic acids is 1. The zero-order valence-corrected chi connectivity index (χ0v) is 13.9. The lowest BCUT2D eigenvalue weighted by molar-refractivity contribution is 0.0703. The molecule has 1 aliphatic carbocycles. The van der Waals surface area contributed by atoms with Gasteiger partial charge in [-0.1, -0.05) is 24.3 Å². The number of benzene rings is 2. The molecule has 0 radical (unpaired) electrons. The van der Waals surface area contributed by atoms with E-state index in [4.69, 9.17) is 0 Å². The Bertz CT molecular complexity index is 921. The fraction of sp³-hybridized carbons (Fsp3) is 0.250. The molecule has 3 heteroatoms. The topological polar surface area (TPSA) is 37.3 Å². The van der Waals surface area contributed by atoms with Crippen LogP contribution >= 0.6 is 11.3 Å². The Morgan fingerprint density at radius 2 is 1.78 bits per heavy atom. The Morgan fingerprint density at radius 1 is 1.09 bits per heavy atom. The van der Waals surface area contributed by atoms with Crippen LogP contribution < -0.4 is 0 Å². The highest BCUT2D eigenvalue weighted by molar-refractivity contribution is 7.21. The van der Waals surface area contributed by atoms with Crippen LogP contribution in [0.15, 0.2) is 36.4 Å². The van der Waals surface area contributed by atoms with Crippen molar-refractivity contribution >= 4 is 27.4 Å². The second-order valence-electron chi connectivity index (χ2n) is 6.25. The second kappa shape index (κ2) is 5.50. The van der Waals surface area contributed by atoms with Gasteiger partial charge in [0.25, 0.3) is 0 Å². The van der Waals surface area contributed by atoms with Crippen LogP contribution in [-0.2, 0) is 12.8 Å². The van der Waals surface area contributed by atoms with Gasteiger partial charge in [-0.3, -0.25) is 0 Å². The van der Waals surface area contributed by atoms with Gasteiger partial charge >= 0.3 is 5.97 Å². The lowest BCUT2D eigenvalue weighted by Crippen LogP contribution is -2.01. The summed E-state index contributed by atoms with van der Waals surface area (Å²) in [5.74, 6) is -0.831. The molecule has 1 aromatic heterocycles. The SMILES string of the molecule is Cc1ccccc1-c1c(C(=O)O)sc2cc3c(cc12)CCCC3. The van der Waals surface area contributed by atoms with Crippen molar-refractivity contribution < 1.29 is 9.90 Å². The van der Waals surface area contributed by atoms with Gasteiger partial charge in [0.05, 0.1) is 0 Å². The zero-order valence-electron chi connectivity index (χ0n) is 13.1. The van der Waals surface area contributed by atoms with Crippen molar-refractivity contribution in [3.05, 3.63) is 58.0 Å². The molecule has 2 nitrogen and oxygen atoms in total. The third-order valence-corrected chi connectivity index (χ3v) is 5.90. The summed E-state index contributed by atoms with van der Waals surface area (Å²) >= 11 is 1.41. The Morgan fingerprint density at radius 3 is 2.48 bits per heavy atom. The Hall–Kier alpha value is -2.13. The molecule has 0 saturated carbocycles. The molecule has 4 rings (SSSR count). The average Bonchev–Trinajstić information content (AvgIpc) is 2.91. The quantitative estimate of drug-likeness (QED) is 0.681. The first-order chi connectivity index (χ1) is 11.1. The third-order valence-electron chi connectivity index (χ3n) is 4.76. The van der Waals surface area contributed by atoms with Crippen molar-refractivity contribution in [2.24, 2.45) is 0 Å². The highest BCUT2D eigenvalue weighted by atomic mass is 32.1. The van der Waals surface area contributed by atoms with Crippen molar-refractivity contribution in [1.82, 2.24) is 0 Å². The lowest BCUT2D eigenvalue weighted by atomic mass is 9.89. The smallest absolute Gasteiger partial charge is 0.346 e. The van der Waals surface area contributed by atoms with Crippen molar-refractivity contribution in [2.75, 3.05) is 0 Å². The number of carboxylic acid groups (broad SMARTS) is 1. The van der Waals surface area contributed by atoms with Gasteiger partial charge in [-0.15, -0.1) is 11.3 Å². The van der Waals surface area contributed by atoms with Crippen LogP contribution in [0, 0.1) is 6.92 Å². The first-order valence-electron chi connectivity index (χ1n) is 8.03. The molecular formula is C20H18O2S. The molecule has 1 aliphatic rings. The van der Waals surface area contributed by atoms with Crippen LogP contribution in [0.2, 0.25) is 0 Å². The molecule has 0 fully saturated rings. The molecule has 3 aromatic rings. The maximum atomic E-state index is 11.8. The Labute approximate surface area is 139 Å². The van der Waals surface area contributed by atoms with Gasteiger partial charge in [-0.05, 0) is 67.0 Å². The number of carbonyl (C=O) groups is 1. The molecule has 0 spiro atoms. The minimum absolute atomic E-state index is 0.455. The van der Waals surface area contributed by atoms with Crippen molar-refractivity contribution in [1.29, 1.82) is 0 Å². The first kappa shape index (κ1) is 14.5. The molecule has 0 aliphatic heterocycles. The van der Waals surface area contributed by atoms with Crippen molar-refractivity contribution in [3.8, 4) is 11.1 Å². The van der Waals surface area contributed by atoms with E-state index in [2.05, 4.69) is 12.1 Å². The van der Waals surface area contributed by atoms with Crippen LogP contribution in [0.5, 0.6) is 0 Å². The second-order valence-corrected chi connectivity index (χ2v) is 7.30. The normalized spacial score (nSPS) is 14.0. The van der Waals surface area contributed by atoms with E-state index in [1.54, 1.807) is 0 Å². The van der Waals surface area contributed by atoms with E-state index in [0.717, 1.165) is 39.6 Å². The van der Waals surface area contributed by atoms with E-state index in [1.165, 1.54) is 35.3 Å². The number of aryl methyl sites for hydroxylation is 3. The van der Waals surface area contributed by atoms with Gasteiger partial charge in [-0.25, -0.2) is 4.79 Å². The minimum Gasteiger partial charge on any atom is -0.477 e. The van der Waals surface area contributed by atoms with Crippen LogP contribution in [0.1, 0.15) is 39.2 Å². The van der Waals surface area contributed by atoms with E-state index in [9.17, 15) is 9.90 Å². The summed E-state index contributed by atoms with van der Waals surface area (Å²) in [7, 11) is 0. The van der Waals surface area contributed by atoms with Crippen molar-refractivity contribution in [3.63, 3.8) is 0 Å². The summed E-state index contributed by atoms with van der Waals surface area (Å²) in [5, 5.41) is 10.8. The summed E-state index contributed by atoms with van der Waals surface area (Å²) in [4.78, 5) is 12.3. The van der Waals surface area contributed by atoms with Crippen LogP contribution in [0.25, 0.3) is 21.2 Å². The molecule has 23 heavy (non-hydrogen) atoms. The molecular weight excluding hydrogens is 304 g/mol. The maximum Gasteiger partial charge on any atom is 0.346 e. The predicted molar refractivity (Wildman–Crippen MR) is 95.6 cm³/mol. The van der Waals surface area contributed by atoms with E-state index in [-0.39, 0.29) is 0 Å². The summed E-state index contributed by atoms with van der Waals surface area (Å²) in [5.41, 5.74) is 5.84. The summed E-state index contributed by atoms with van der Waals surface area (Å²) in [6.45, 7) is 2.04. The molecule has 116 valence electrons. The predicted octanol–water partition coefficient (Wildman–Crippen LogP) is 5.45. The first-order valence-corrected chi connectivity index (χ1v) is 8.84. The number of hydrogen-bond acceptors (Lipinski definition) is 2. The molecule has 1 heterocycles. The van der Waals surface area contributed by atoms with Crippen LogP contribution in [-0.4, -0.2) is 11.1 Å². The van der Waals surface area contributed by atoms with E-state index < -0.39 is 5.97 Å². The third kappa shape index (κ3) is 2.36. The number of rotatable bonds is 2. The van der Waals surface area contributed by atoms with E-state index >= 15 is 0 Å². The molecule has 0 amide bonds. The summed E-state index contributed by atoms with van der Waals surface area (Å²) in [6.07, 6.45) is 4.69. The number of hydrogen-bond donors (Lipinski definition) is 1. The maximum absolute atomic E-state index is 11.8. The fourth-order valence-electron chi connectivity index (χ4n) is 3.60. The highest BCUT2D eigenvalue weighted by Gasteiger charge is 2.22. The van der Waals surface area contributed by atoms with Gasteiger partial charge in [0, 0.05) is 15.6 Å². The Balaban J connectivity index is 2.06. The number of thiophene rings is 1. The van der Waals surface area contributed by atoms with E-state index in [1.807, 2.05) is 31.2 Å². The molecule has 0 saturated heterocycles. The number of fused-ring (bicyclic) bond motifs is 2. The van der Waals surface area contributed by atoms with Gasteiger partial charge in [0.1, 0.15) is 4.88 Å². The van der Waals surface area contributed by atoms with Gasteiger partial charge in [-0.2, -0.15) is 0 Å². The van der Waals surface area contributed by atoms with Gasteiger partial charge in [0.2, 0.25) is 0 Å². The molecule has 1 N–H and O–H groups in total. The van der Waals surface area contributed by atoms with Gasteiger partial charge in [0.15, 0.2) is 0 Å². The van der Waals surface area contributed by atoms with Gasteiger partial charge < -0.3 is 5.11 Å². The lowest BCUT2D eigenvalue weighted by Gasteiger charge is -2.16. The standard InChI is InChI=1S/C20H18O2S/c1-12-6-2-5-9-15(12)18-16-10-13-7-3-4-8-14(13)11-17(16)23-19(18)20(21)22/h2,5-6,9-11H,3-4,7-8H2,1H3,(H,21,22).